The van der Waals surface area contributed by atoms with Gasteiger partial charge in [-0.3, -0.25) is 4.79 Å². The zero-order valence-electron chi connectivity index (χ0n) is 9.34. The predicted octanol–water partition coefficient (Wildman–Crippen LogP) is 1.91. The molecule has 2 rings (SSSR count). The highest BCUT2D eigenvalue weighted by molar-refractivity contribution is 5.92. The van der Waals surface area contributed by atoms with E-state index in [1.165, 1.54) is 11.1 Å². The fourth-order valence-corrected chi connectivity index (χ4v) is 1.75. The van der Waals surface area contributed by atoms with Gasteiger partial charge in [0, 0.05) is 6.42 Å². The SMILES string of the molecule is Cc1ccc(C)c(CC(=O)C2(N)CC2)c1. The first-order valence-corrected chi connectivity index (χ1v) is 5.40. The number of benzene rings is 1. The van der Waals surface area contributed by atoms with Gasteiger partial charge >= 0.3 is 0 Å². The highest BCUT2D eigenvalue weighted by Crippen LogP contribution is 2.34. The minimum atomic E-state index is -0.490. The lowest BCUT2D eigenvalue weighted by atomic mass is 9.97. The van der Waals surface area contributed by atoms with Crippen molar-refractivity contribution in [3.05, 3.63) is 34.9 Å². The Morgan fingerprint density at radius 1 is 1.40 bits per heavy atom. The molecule has 1 aromatic rings. The van der Waals surface area contributed by atoms with Crippen LogP contribution in [-0.2, 0) is 11.2 Å². The van der Waals surface area contributed by atoms with E-state index in [-0.39, 0.29) is 5.78 Å². The molecule has 1 fully saturated rings. The third-order valence-electron chi connectivity index (χ3n) is 3.20. The summed E-state index contributed by atoms with van der Waals surface area (Å²) in [5.41, 5.74) is 8.89. The first-order valence-electron chi connectivity index (χ1n) is 5.40. The Morgan fingerprint density at radius 2 is 2.07 bits per heavy atom. The van der Waals surface area contributed by atoms with Gasteiger partial charge in [-0.25, -0.2) is 0 Å². The lowest BCUT2D eigenvalue weighted by Crippen LogP contribution is -2.34. The molecule has 1 aliphatic carbocycles. The minimum absolute atomic E-state index is 0.191. The van der Waals surface area contributed by atoms with Crippen molar-refractivity contribution in [2.24, 2.45) is 5.73 Å². The molecule has 0 unspecified atom stereocenters. The van der Waals surface area contributed by atoms with E-state index in [1.807, 2.05) is 13.8 Å². The molecule has 2 N–H and O–H groups in total. The summed E-state index contributed by atoms with van der Waals surface area (Å²) in [6.45, 7) is 4.08. The lowest BCUT2D eigenvalue weighted by molar-refractivity contribution is -0.120. The van der Waals surface area contributed by atoms with Gasteiger partial charge in [-0.2, -0.15) is 0 Å². The van der Waals surface area contributed by atoms with Crippen molar-refractivity contribution >= 4 is 5.78 Å². The fourth-order valence-electron chi connectivity index (χ4n) is 1.75. The van der Waals surface area contributed by atoms with Crippen molar-refractivity contribution in [3.8, 4) is 0 Å². The molecule has 0 atom stereocenters. The van der Waals surface area contributed by atoms with Gasteiger partial charge in [0.25, 0.3) is 0 Å². The van der Waals surface area contributed by atoms with Crippen LogP contribution in [0.4, 0.5) is 0 Å². The van der Waals surface area contributed by atoms with E-state index in [2.05, 4.69) is 18.2 Å². The lowest BCUT2D eigenvalue weighted by Gasteiger charge is -2.10. The summed E-state index contributed by atoms with van der Waals surface area (Å²) in [6.07, 6.45) is 2.21. The Morgan fingerprint density at radius 3 is 2.67 bits per heavy atom. The van der Waals surface area contributed by atoms with Crippen LogP contribution in [0.2, 0.25) is 0 Å². The molecule has 80 valence electrons. The number of ketones is 1. The molecule has 0 aliphatic heterocycles. The molecular formula is C13H17NO. The summed E-state index contributed by atoms with van der Waals surface area (Å²) < 4.78 is 0. The Kier molecular flexibility index (Phi) is 2.39. The molecule has 1 aromatic carbocycles. The van der Waals surface area contributed by atoms with Crippen LogP contribution >= 0.6 is 0 Å². The van der Waals surface area contributed by atoms with Gasteiger partial charge < -0.3 is 5.73 Å². The van der Waals surface area contributed by atoms with Gasteiger partial charge in [-0.05, 0) is 37.8 Å². The number of hydrogen-bond donors (Lipinski definition) is 1. The molecule has 2 nitrogen and oxygen atoms in total. The highest BCUT2D eigenvalue weighted by Gasteiger charge is 2.45. The van der Waals surface area contributed by atoms with E-state index in [1.54, 1.807) is 0 Å². The maximum atomic E-state index is 11.8. The fraction of sp³-hybridized carbons (Fsp3) is 0.462. The number of nitrogens with two attached hydrogens (primary N) is 1. The second-order valence-electron chi connectivity index (χ2n) is 4.69. The van der Waals surface area contributed by atoms with Crippen LogP contribution in [0.5, 0.6) is 0 Å². The summed E-state index contributed by atoms with van der Waals surface area (Å²) in [4.78, 5) is 11.8. The van der Waals surface area contributed by atoms with Crippen molar-refractivity contribution in [1.82, 2.24) is 0 Å². The van der Waals surface area contributed by atoms with E-state index in [9.17, 15) is 4.79 Å². The molecule has 0 aromatic heterocycles. The maximum Gasteiger partial charge on any atom is 0.157 e. The van der Waals surface area contributed by atoms with Crippen LogP contribution in [0.3, 0.4) is 0 Å². The second kappa shape index (κ2) is 3.46. The Labute approximate surface area is 90.5 Å². The van der Waals surface area contributed by atoms with Crippen molar-refractivity contribution in [1.29, 1.82) is 0 Å². The molecule has 1 aliphatic rings. The van der Waals surface area contributed by atoms with Gasteiger partial charge in [0.2, 0.25) is 0 Å². The van der Waals surface area contributed by atoms with Crippen molar-refractivity contribution in [2.45, 2.75) is 38.6 Å². The monoisotopic (exact) mass is 203 g/mol. The quantitative estimate of drug-likeness (QED) is 0.815. The zero-order valence-corrected chi connectivity index (χ0v) is 9.34. The van der Waals surface area contributed by atoms with Gasteiger partial charge in [-0.15, -0.1) is 0 Å². The molecule has 15 heavy (non-hydrogen) atoms. The maximum absolute atomic E-state index is 11.8. The number of hydrogen-bond acceptors (Lipinski definition) is 2. The van der Waals surface area contributed by atoms with Crippen LogP contribution in [0.15, 0.2) is 18.2 Å². The normalized spacial score (nSPS) is 17.5. The zero-order chi connectivity index (χ0) is 11.1. The number of Topliss-reactive ketones (excluding diaryl/α,β-unsaturated/α-hetero) is 1. The van der Waals surface area contributed by atoms with Crippen molar-refractivity contribution in [2.75, 3.05) is 0 Å². The molecule has 0 spiro atoms. The minimum Gasteiger partial charge on any atom is -0.319 e. The van der Waals surface area contributed by atoms with E-state index < -0.39 is 5.54 Å². The molecule has 0 heterocycles. The second-order valence-corrected chi connectivity index (χ2v) is 4.69. The Bertz CT molecular complexity index is 405. The Balaban J connectivity index is 2.16. The van der Waals surface area contributed by atoms with Crippen molar-refractivity contribution < 1.29 is 4.79 Å². The van der Waals surface area contributed by atoms with Gasteiger partial charge in [0.15, 0.2) is 5.78 Å². The largest absolute Gasteiger partial charge is 0.319 e. The van der Waals surface area contributed by atoms with E-state index >= 15 is 0 Å². The van der Waals surface area contributed by atoms with E-state index in [4.69, 9.17) is 5.73 Å². The molecule has 0 bridgehead atoms. The number of aryl methyl sites for hydroxylation is 2. The Hall–Kier alpha value is -1.15. The first-order chi connectivity index (χ1) is 7.01. The van der Waals surface area contributed by atoms with Crippen molar-refractivity contribution in [3.63, 3.8) is 0 Å². The molecule has 0 radical (unpaired) electrons. The average Bonchev–Trinajstić information content (AvgIpc) is 2.91. The highest BCUT2D eigenvalue weighted by atomic mass is 16.1. The molecular weight excluding hydrogens is 186 g/mol. The third kappa shape index (κ3) is 2.10. The van der Waals surface area contributed by atoms with Crippen LogP contribution < -0.4 is 5.73 Å². The number of carbonyl (C=O) groups excluding carboxylic acids is 1. The summed E-state index contributed by atoms with van der Waals surface area (Å²) in [5.74, 6) is 0.191. The number of rotatable bonds is 3. The van der Waals surface area contributed by atoms with E-state index in [0.717, 1.165) is 18.4 Å². The molecule has 0 saturated heterocycles. The van der Waals surface area contributed by atoms with Gasteiger partial charge in [0.1, 0.15) is 0 Å². The standard InChI is InChI=1S/C13H17NO/c1-9-3-4-10(2)11(7-9)8-12(15)13(14)5-6-13/h3-4,7H,5-6,8,14H2,1-2H3. The van der Waals surface area contributed by atoms with Crippen LogP contribution in [0.1, 0.15) is 29.5 Å². The summed E-state index contributed by atoms with van der Waals surface area (Å²) in [5, 5.41) is 0. The van der Waals surface area contributed by atoms with Crippen LogP contribution in [0, 0.1) is 13.8 Å². The molecule has 1 saturated carbocycles. The summed E-state index contributed by atoms with van der Waals surface area (Å²) in [7, 11) is 0. The first kappa shape index (κ1) is 10.4. The van der Waals surface area contributed by atoms with Crippen LogP contribution in [-0.4, -0.2) is 11.3 Å². The van der Waals surface area contributed by atoms with Gasteiger partial charge in [0.05, 0.1) is 5.54 Å². The third-order valence-corrected chi connectivity index (χ3v) is 3.20. The van der Waals surface area contributed by atoms with Gasteiger partial charge in [-0.1, -0.05) is 23.8 Å². The summed E-state index contributed by atoms with van der Waals surface area (Å²) in [6, 6.07) is 6.21. The topological polar surface area (TPSA) is 43.1 Å². The number of carbonyl (C=O) groups is 1. The van der Waals surface area contributed by atoms with E-state index in [0.29, 0.717) is 6.42 Å². The molecule has 0 amide bonds. The average molecular weight is 203 g/mol. The summed E-state index contributed by atoms with van der Waals surface area (Å²) >= 11 is 0. The smallest absolute Gasteiger partial charge is 0.157 e. The predicted molar refractivity (Wildman–Crippen MR) is 60.8 cm³/mol. The van der Waals surface area contributed by atoms with Crippen LogP contribution in [0.25, 0.3) is 0 Å². The molecule has 2 heteroatoms.